The number of carbonyl (C=O) groups excluding carboxylic acids is 2. The zero-order chi connectivity index (χ0) is 21.5. The van der Waals surface area contributed by atoms with E-state index in [-0.39, 0.29) is 11.8 Å². The molecule has 0 fully saturated rings. The molecule has 3 aromatic rings. The number of ether oxygens (including phenoxy) is 2. The van der Waals surface area contributed by atoms with Crippen LogP contribution in [0.25, 0.3) is 0 Å². The fourth-order valence-corrected chi connectivity index (χ4v) is 2.82. The average molecular weight is 404 g/mol. The summed E-state index contributed by atoms with van der Waals surface area (Å²) < 4.78 is 10.8. The first-order valence-corrected chi connectivity index (χ1v) is 9.54. The van der Waals surface area contributed by atoms with Gasteiger partial charge in [-0.1, -0.05) is 18.2 Å². The van der Waals surface area contributed by atoms with Crippen molar-refractivity contribution in [1.29, 1.82) is 0 Å². The van der Waals surface area contributed by atoms with Gasteiger partial charge in [0.1, 0.15) is 11.5 Å². The molecular weight excluding hydrogens is 380 g/mol. The minimum atomic E-state index is -0.719. The van der Waals surface area contributed by atoms with Gasteiger partial charge >= 0.3 is 0 Å². The Hall–Kier alpha value is -3.80. The van der Waals surface area contributed by atoms with Gasteiger partial charge in [-0.2, -0.15) is 0 Å². The standard InChI is InChI=1S/C24H24N2O4/c1-16-6-4-8-19(14-16)26-24(28)18-7-5-9-20(15-18)25-23(27)17(2)30-22-12-10-21(29-3)11-13-22/h4-15,17H,1-3H3,(H,25,27)(H,26,28). The van der Waals surface area contributed by atoms with Crippen LogP contribution in [0.5, 0.6) is 11.5 Å². The van der Waals surface area contributed by atoms with E-state index in [4.69, 9.17) is 9.47 Å². The maximum absolute atomic E-state index is 12.5. The lowest BCUT2D eigenvalue weighted by molar-refractivity contribution is -0.122. The smallest absolute Gasteiger partial charge is 0.265 e. The predicted octanol–water partition coefficient (Wildman–Crippen LogP) is 4.66. The van der Waals surface area contributed by atoms with E-state index in [0.717, 1.165) is 11.3 Å². The second-order valence-corrected chi connectivity index (χ2v) is 6.83. The molecule has 0 saturated carbocycles. The fraction of sp³-hybridized carbons (Fsp3) is 0.167. The minimum absolute atomic E-state index is 0.251. The molecule has 2 N–H and O–H groups in total. The van der Waals surface area contributed by atoms with Crippen molar-refractivity contribution in [3.05, 3.63) is 83.9 Å². The van der Waals surface area contributed by atoms with Crippen molar-refractivity contribution < 1.29 is 19.1 Å². The van der Waals surface area contributed by atoms with E-state index in [2.05, 4.69) is 10.6 Å². The Morgan fingerprint density at radius 2 is 1.47 bits per heavy atom. The van der Waals surface area contributed by atoms with E-state index >= 15 is 0 Å². The molecule has 0 saturated heterocycles. The topological polar surface area (TPSA) is 76.7 Å². The first-order valence-electron chi connectivity index (χ1n) is 9.54. The second kappa shape index (κ2) is 9.60. The summed E-state index contributed by atoms with van der Waals surface area (Å²) in [4.78, 5) is 25.0. The molecule has 0 bridgehead atoms. The Balaban J connectivity index is 1.62. The highest BCUT2D eigenvalue weighted by molar-refractivity contribution is 6.05. The third-order valence-electron chi connectivity index (χ3n) is 4.41. The van der Waals surface area contributed by atoms with Gasteiger partial charge in [-0.25, -0.2) is 0 Å². The molecule has 0 spiro atoms. The van der Waals surface area contributed by atoms with Crippen LogP contribution in [0.1, 0.15) is 22.8 Å². The predicted molar refractivity (Wildman–Crippen MR) is 117 cm³/mol. The number of rotatable bonds is 7. The zero-order valence-electron chi connectivity index (χ0n) is 17.1. The Morgan fingerprint density at radius 1 is 0.833 bits per heavy atom. The van der Waals surface area contributed by atoms with E-state index in [1.54, 1.807) is 62.6 Å². The average Bonchev–Trinajstić information content (AvgIpc) is 2.74. The van der Waals surface area contributed by atoms with Gasteiger partial charge in [0.25, 0.3) is 11.8 Å². The molecule has 2 amide bonds. The summed E-state index contributed by atoms with van der Waals surface area (Å²) in [6, 6.07) is 21.3. The number of hydrogen-bond donors (Lipinski definition) is 2. The van der Waals surface area contributed by atoms with Crippen molar-refractivity contribution in [2.45, 2.75) is 20.0 Å². The van der Waals surface area contributed by atoms with Gasteiger partial charge in [0.05, 0.1) is 7.11 Å². The summed E-state index contributed by atoms with van der Waals surface area (Å²) in [5.41, 5.74) is 2.73. The molecular formula is C24H24N2O4. The van der Waals surface area contributed by atoms with Gasteiger partial charge in [-0.3, -0.25) is 9.59 Å². The summed E-state index contributed by atoms with van der Waals surface area (Å²) >= 11 is 0. The van der Waals surface area contributed by atoms with Crippen LogP contribution in [0, 0.1) is 6.92 Å². The molecule has 0 aliphatic heterocycles. The Morgan fingerprint density at radius 3 is 2.13 bits per heavy atom. The summed E-state index contributed by atoms with van der Waals surface area (Å²) in [5.74, 6) is 0.700. The molecule has 3 aromatic carbocycles. The SMILES string of the molecule is COc1ccc(OC(C)C(=O)Nc2cccc(C(=O)Nc3cccc(C)c3)c2)cc1. The molecule has 154 valence electrons. The van der Waals surface area contributed by atoms with E-state index in [1.165, 1.54) is 0 Å². The van der Waals surface area contributed by atoms with Gasteiger partial charge in [0.2, 0.25) is 0 Å². The molecule has 0 aliphatic rings. The van der Waals surface area contributed by atoms with Crippen LogP contribution in [-0.4, -0.2) is 25.0 Å². The molecule has 0 heterocycles. The Kier molecular flexibility index (Phi) is 6.70. The van der Waals surface area contributed by atoms with Crippen LogP contribution in [-0.2, 0) is 4.79 Å². The summed E-state index contributed by atoms with van der Waals surface area (Å²) in [6.45, 7) is 3.62. The number of nitrogens with one attached hydrogen (secondary N) is 2. The molecule has 1 unspecified atom stereocenters. The van der Waals surface area contributed by atoms with E-state index in [1.807, 2.05) is 31.2 Å². The highest BCUT2D eigenvalue weighted by atomic mass is 16.5. The number of anilines is 2. The van der Waals surface area contributed by atoms with Gasteiger partial charge in [0, 0.05) is 16.9 Å². The van der Waals surface area contributed by atoms with Crippen molar-refractivity contribution in [1.82, 2.24) is 0 Å². The number of methoxy groups -OCH3 is 1. The highest BCUT2D eigenvalue weighted by Crippen LogP contribution is 2.19. The molecule has 1 atom stereocenters. The second-order valence-electron chi connectivity index (χ2n) is 6.83. The number of aryl methyl sites for hydroxylation is 1. The molecule has 6 nitrogen and oxygen atoms in total. The van der Waals surface area contributed by atoms with Gasteiger partial charge < -0.3 is 20.1 Å². The lowest BCUT2D eigenvalue weighted by atomic mass is 10.1. The largest absolute Gasteiger partial charge is 0.497 e. The molecule has 3 rings (SSSR count). The van der Waals surface area contributed by atoms with Crippen molar-refractivity contribution in [3.8, 4) is 11.5 Å². The summed E-state index contributed by atoms with van der Waals surface area (Å²) in [5, 5.41) is 5.64. The van der Waals surface area contributed by atoms with Crippen molar-refractivity contribution in [3.63, 3.8) is 0 Å². The molecule has 6 heteroatoms. The Labute approximate surface area is 175 Å². The first kappa shape index (κ1) is 20.9. The summed E-state index contributed by atoms with van der Waals surface area (Å²) in [6.07, 6.45) is -0.719. The van der Waals surface area contributed by atoms with Crippen LogP contribution in [0.3, 0.4) is 0 Å². The third-order valence-corrected chi connectivity index (χ3v) is 4.41. The third kappa shape index (κ3) is 5.61. The zero-order valence-corrected chi connectivity index (χ0v) is 17.1. The highest BCUT2D eigenvalue weighted by Gasteiger charge is 2.16. The maximum Gasteiger partial charge on any atom is 0.265 e. The van der Waals surface area contributed by atoms with Crippen molar-refractivity contribution >= 4 is 23.2 Å². The monoisotopic (exact) mass is 404 g/mol. The van der Waals surface area contributed by atoms with Crippen molar-refractivity contribution in [2.75, 3.05) is 17.7 Å². The van der Waals surface area contributed by atoms with Gasteiger partial charge in [0.15, 0.2) is 6.10 Å². The number of amides is 2. The van der Waals surface area contributed by atoms with Crippen LogP contribution in [0.15, 0.2) is 72.8 Å². The lowest BCUT2D eigenvalue weighted by Gasteiger charge is -2.15. The first-order chi connectivity index (χ1) is 14.4. The molecule has 0 aromatic heterocycles. The number of hydrogen-bond acceptors (Lipinski definition) is 4. The van der Waals surface area contributed by atoms with Crippen LogP contribution in [0.2, 0.25) is 0 Å². The quantitative estimate of drug-likeness (QED) is 0.600. The van der Waals surface area contributed by atoms with E-state index in [9.17, 15) is 9.59 Å². The molecule has 0 radical (unpaired) electrons. The van der Waals surface area contributed by atoms with Gasteiger partial charge in [-0.05, 0) is 74.0 Å². The van der Waals surface area contributed by atoms with Gasteiger partial charge in [-0.15, -0.1) is 0 Å². The molecule has 30 heavy (non-hydrogen) atoms. The number of carbonyl (C=O) groups is 2. The maximum atomic E-state index is 12.5. The van der Waals surface area contributed by atoms with Crippen LogP contribution < -0.4 is 20.1 Å². The summed E-state index contributed by atoms with van der Waals surface area (Å²) in [7, 11) is 1.58. The molecule has 0 aliphatic carbocycles. The normalized spacial score (nSPS) is 11.3. The van der Waals surface area contributed by atoms with E-state index < -0.39 is 6.10 Å². The lowest BCUT2D eigenvalue weighted by Crippen LogP contribution is -2.30. The minimum Gasteiger partial charge on any atom is -0.497 e. The fourth-order valence-electron chi connectivity index (χ4n) is 2.82. The van der Waals surface area contributed by atoms with Crippen molar-refractivity contribution in [2.24, 2.45) is 0 Å². The van der Waals surface area contributed by atoms with Crippen LogP contribution >= 0.6 is 0 Å². The van der Waals surface area contributed by atoms with E-state index in [0.29, 0.717) is 22.7 Å². The van der Waals surface area contributed by atoms with Crippen LogP contribution in [0.4, 0.5) is 11.4 Å². The number of benzene rings is 3. The Bertz CT molecular complexity index is 1030.